The van der Waals surface area contributed by atoms with E-state index in [1.165, 1.54) is 6.08 Å². The smallest absolute Gasteiger partial charge is 0.311 e. The van der Waals surface area contributed by atoms with Gasteiger partial charge in [0.1, 0.15) is 0 Å². The van der Waals surface area contributed by atoms with E-state index in [0.29, 0.717) is 12.8 Å². The molecule has 0 spiro atoms. The van der Waals surface area contributed by atoms with Gasteiger partial charge in [-0.25, -0.2) is 0 Å². The normalized spacial score (nSPS) is 17.5. The third kappa shape index (κ3) is 4.18. The third-order valence-electron chi connectivity index (χ3n) is 4.09. The first-order valence-corrected chi connectivity index (χ1v) is 7.37. The number of nitrogens with one attached hydrogen (secondary N) is 1. The van der Waals surface area contributed by atoms with Crippen molar-refractivity contribution in [3.63, 3.8) is 0 Å². The molecule has 21 heavy (non-hydrogen) atoms. The van der Waals surface area contributed by atoms with E-state index in [2.05, 4.69) is 5.32 Å². The Morgan fingerprint density at radius 2 is 1.81 bits per heavy atom. The molecule has 0 radical (unpaired) electrons. The standard InChI is InChI=1S/C17H21NO3/c19-15(10-9-14-7-3-1-4-8-14)18-13-17(16(20)21)11-5-2-6-12-17/h1,3-4,7-10H,2,5-6,11-13H2,(H,18,19)(H,20,21)/b10-9+. The number of carboxylic acid groups (broad SMARTS) is 1. The first-order valence-electron chi connectivity index (χ1n) is 7.37. The number of hydrogen-bond acceptors (Lipinski definition) is 2. The summed E-state index contributed by atoms with van der Waals surface area (Å²) in [6, 6.07) is 9.53. The summed E-state index contributed by atoms with van der Waals surface area (Å²) < 4.78 is 0. The molecule has 0 saturated heterocycles. The van der Waals surface area contributed by atoms with Crippen molar-refractivity contribution in [2.45, 2.75) is 32.1 Å². The zero-order valence-electron chi connectivity index (χ0n) is 12.0. The predicted molar refractivity (Wildman–Crippen MR) is 81.6 cm³/mol. The molecule has 1 aromatic rings. The Bertz CT molecular complexity index is 516. The van der Waals surface area contributed by atoms with Crippen molar-refractivity contribution in [1.29, 1.82) is 0 Å². The Morgan fingerprint density at radius 1 is 1.14 bits per heavy atom. The lowest BCUT2D eigenvalue weighted by Crippen LogP contribution is -2.44. The van der Waals surface area contributed by atoms with E-state index in [1.54, 1.807) is 6.08 Å². The molecule has 1 aliphatic carbocycles. The second kappa shape index (κ2) is 7.07. The highest BCUT2D eigenvalue weighted by atomic mass is 16.4. The SMILES string of the molecule is O=C(/C=C/c1ccccc1)NCC1(C(=O)O)CCCCC1. The molecule has 4 nitrogen and oxygen atoms in total. The molecule has 0 aliphatic heterocycles. The maximum Gasteiger partial charge on any atom is 0.311 e. The lowest BCUT2D eigenvalue weighted by Gasteiger charge is -2.33. The van der Waals surface area contributed by atoms with Gasteiger partial charge in [-0.15, -0.1) is 0 Å². The van der Waals surface area contributed by atoms with Crippen LogP contribution >= 0.6 is 0 Å². The van der Waals surface area contributed by atoms with Gasteiger partial charge in [0, 0.05) is 12.6 Å². The van der Waals surface area contributed by atoms with Crippen LogP contribution < -0.4 is 5.32 Å². The van der Waals surface area contributed by atoms with Crippen LogP contribution in [0.15, 0.2) is 36.4 Å². The molecule has 2 N–H and O–H groups in total. The largest absolute Gasteiger partial charge is 0.481 e. The summed E-state index contributed by atoms with van der Waals surface area (Å²) in [5.74, 6) is -1.04. The molecule has 1 fully saturated rings. The van der Waals surface area contributed by atoms with Crippen LogP contribution in [-0.4, -0.2) is 23.5 Å². The summed E-state index contributed by atoms with van der Waals surface area (Å²) in [7, 11) is 0. The minimum Gasteiger partial charge on any atom is -0.481 e. The van der Waals surface area contributed by atoms with Crippen molar-refractivity contribution in [3.8, 4) is 0 Å². The average molecular weight is 287 g/mol. The highest BCUT2D eigenvalue weighted by Crippen LogP contribution is 2.35. The van der Waals surface area contributed by atoms with Crippen LogP contribution in [0.5, 0.6) is 0 Å². The van der Waals surface area contributed by atoms with Crippen LogP contribution in [0.3, 0.4) is 0 Å². The lowest BCUT2D eigenvalue weighted by atomic mass is 9.74. The van der Waals surface area contributed by atoms with Gasteiger partial charge in [0.2, 0.25) is 5.91 Å². The molecule has 0 heterocycles. The highest BCUT2D eigenvalue weighted by Gasteiger charge is 2.39. The van der Waals surface area contributed by atoms with Crippen LogP contribution in [0.25, 0.3) is 6.08 Å². The number of carbonyl (C=O) groups excluding carboxylic acids is 1. The Labute approximate surface area is 124 Å². The molecular formula is C17H21NO3. The van der Waals surface area contributed by atoms with Crippen LogP contribution in [-0.2, 0) is 9.59 Å². The average Bonchev–Trinajstić information content (AvgIpc) is 2.52. The topological polar surface area (TPSA) is 66.4 Å². The summed E-state index contributed by atoms with van der Waals surface area (Å²) >= 11 is 0. The van der Waals surface area contributed by atoms with Gasteiger partial charge in [-0.2, -0.15) is 0 Å². The number of benzene rings is 1. The second-order valence-electron chi connectivity index (χ2n) is 5.61. The number of amides is 1. The molecule has 2 rings (SSSR count). The van der Waals surface area contributed by atoms with Crippen molar-refractivity contribution >= 4 is 18.0 Å². The van der Waals surface area contributed by atoms with Crippen molar-refractivity contribution in [1.82, 2.24) is 5.32 Å². The lowest BCUT2D eigenvalue weighted by molar-refractivity contribution is -0.150. The number of hydrogen-bond donors (Lipinski definition) is 2. The molecule has 1 amide bonds. The fourth-order valence-corrected chi connectivity index (χ4v) is 2.75. The quantitative estimate of drug-likeness (QED) is 0.818. The minimum atomic E-state index is -0.797. The van der Waals surface area contributed by atoms with Gasteiger partial charge in [-0.05, 0) is 24.5 Å². The molecule has 1 saturated carbocycles. The molecule has 0 aromatic heterocycles. The highest BCUT2D eigenvalue weighted by molar-refractivity contribution is 5.92. The predicted octanol–water partition coefficient (Wildman–Crippen LogP) is 2.85. The third-order valence-corrected chi connectivity index (χ3v) is 4.09. The van der Waals surface area contributed by atoms with E-state index in [0.717, 1.165) is 24.8 Å². The molecule has 0 atom stereocenters. The van der Waals surface area contributed by atoms with E-state index in [9.17, 15) is 14.7 Å². The van der Waals surface area contributed by atoms with Gasteiger partial charge in [0.05, 0.1) is 5.41 Å². The van der Waals surface area contributed by atoms with Crippen molar-refractivity contribution in [2.75, 3.05) is 6.54 Å². The number of carboxylic acids is 1. The van der Waals surface area contributed by atoms with Crippen LogP contribution in [0.2, 0.25) is 0 Å². The van der Waals surface area contributed by atoms with E-state index < -0.39 is 11.4 Å². The van der Waals surface area contributed by atoms with Crippen LogP contribution in [0.4, 0.5) is 0 Å². The van der Waals surface area contributed by atoms with Gasteiger partial charge >= 0.3 is 5.97 Å². The summed E-state index contributed by atoms with van der Waals surface area (Å²) in [4.78, 5) is 23.3. The fraction of sp³-hybridized carbons (Fsp3) is 0.412. The minimum absolute atomic E-state index is 0.209. The zero-order valence-corrected chi connectivity index (χ0v) is 12.0. The summed E-state index contributed by atoms with van der Waals surface area (Å²) in [5.41, 5.74) is 0.160. The Hall–Kier alpha value is -2.10. The monoisotopic (exact) mass is 287 g/mol. The van der Waals surface area contributed by atoms with Gasteiger partial charge in [0.25, 0.3) is 0 Å². The molecule has 4 heteroatoms. The summed E-state index contributed by atoms with van der Waals surface area (Å²) in [5, 5.41) is 12.2. The molecule has 0 bridgehead atoms. The van der Waals surface area contributed by atoms with Gasteiger partial charge < -0.3 is 10.4 Å². The number of aliphatic carboxylic acids is 1. The fourth-order valence-electron chi connectivity index (χ4n) is 2.75. The zero-order chi connectivity index (χ0) is 15.1. The molecule has 1 aromatic carbocycles. The van der Waals surface area contributed by atoms with Crippen LogP contribution in [0.1, 0.15) is 37.7 Å². The molecule has 0 unspecified atom stereocenters. The molecular weight excluding hydrogens is 266 g/mol. The second-order valence-corrected chi connectivity index (χ2v) is 5.61. The van der Waals surface area contributed by atoms with Crippen molar-refractivity contribution in [2.24, 2.45) is 5.41 Å². The Balaban J connectivity index is 1.90. The molecule has 1 aliphatic rings. The summed E-state index contributed by atoms with van der Waals surface area (Å²) in [6.45, 7) is 0.209. The summed E-state index contributed by atoms with van der Waals surface area (Å²) in [6.07, 6.45) is 7.38. The van der Waals surface area contributed by atoms with E-state index in [-0.39, 0.29) is 12.5 Å². The first-order chi connectivity index (χ1) is 10.1. The van der Waals surface area contributed by atoms with E-state index in [4.69, 9.17) is 0 Å². The van der Waals surface area contributed by atoms with E-state index >= 15 is 0 Å². The number of rotatable bonds is 5. The maximum absolute atomic E-state index is 11.8. The van der Waals surface area contributed by atoms with Gasteiger partial charge in [-0.3, -0.25) is 9.59 Å². The Morgan fingerprint density at radius 3 is 2.43 bits per heavy atom. The van der Waals surface area contributed by atoms with Crippen molar-refractivity contribution in [3.05, 3.63) is 42.0 Å². The maximum atomic E-state index is 11.8. The first kappa shape index (κ1) is 15.3. The van der Waals surface area contributed by atoms with E-state index in [1.807, 2.05) is 30.3 Å². The van der Waals surface area contributed by atoms with Gasteiger partial charge in [0.15, 0.2) is 0 Å². The van der Waals surface area contributed by atoms with Crippen LogP contribution in [0, 0.1) is 5.41 Å². The number of carbonyl (C=O) groups is 2. The van der Waals surface area contributed by atoms with Gasteiger partial charge in [-0.1, -0.05) is 49.6 Å². The Kier molecular flexibility index (Phi) is 5.14. The molecule has 112 valence electrons. The van der Waals surface area contributed by atoms with Crippen molar-refractivity contribution < 1.29 is 14.7 Å².